The second-order valence-corrected chi connectivity index (χ2v) is 5.53. The van der Waals surface area contributed by atoms with Crippen molar-refractivity contribution in [2.24, 2.45) is 0 Å². The van der Waals surface area contributed by atoms with Gasteiger partial charge in [0, 0.05) is 10.9 Å². The highest BCUT2D eigenvalue weighted by molar-refractivity contribution is 14.1. The third-order valence-corrected chi connectivity index (χ3v) is 4.02. The molecule has 0 unspecified atom stereocenters. The van der Waals surface area contributed by atoms with Crippen molar-refractivity contribution in [2.45, 2.75) is 6.92 Å². The second-order valence-electron chi connectivity index (χ2n) is 4.37. The molecule has 3 rings (SSSR count). The van der Waals surface area contributed by atoms with Crippen LogP contribution in [-0.4, -0.2) is 0 Å². The van der Waals surface area contributed by atoms with Crippen molar-refractivity contribution in [2.75, 3.05) is 0 Å². The van der Waals surface area contributed by atoms with Crippen molar-refractivity contribution in [3.63, 3.8) is 0 Å². The van der Waals surface area contributed by atoms with Gasteiger partial charge in [-0.3, -0.25) is 0 Å². The smallest absolute Gasteiger partial charge is 0.149 e. The van der Waals surface area contributed by atoms with Crippen LogP contribution in [0.3, 0.4) is 0 Å². The Balaban J connectivity index is 2.60. The first-order valence-electron chi connectivity index (χ1n) is 6.15. The highest BCUT2D eigenvalue weighted by Crippen LogP contribution is 2.37. The molecule has 0 fully saturated rings. The monoisotopic (exact) mass is 360 g/mol. The van der Waals surface area contributed by atoms with Gasteiger partial charge in [-0.05, 0) is 52.4 Å². The molecule has 2 heteroatoms. The van der Waals surface area contributed by atoms with Gasteiger partial charge in [0.15, 0.2) is 0 Å². The third kappa shape index (κ3) is 1.91. The van der Waals surface area contributed by atoms with Crippen molar-refractivity contribution in [3.8, 4) is 0 Å². The number of halogens is 1. The van der Waals surface area contributed by atoms with Crippen LogP contribution in [0.2, 0.25) is 0 Å². The normalized spacial score (nSPS) is 11.7. The number of rotatable bonds is 2. The number of hydrogen-bond donors (Lipinski definition) is 0. The molecule has 1 nitrogen and oxygen atoms in total. The summed E-state index contributed by atoms with van der Waals surface area (Å²) >= 11 is 2.33. The summed E-state index contributed by atoms with van der Waals surface area (Å²) in [7, 11) is 0. The fourth-order valence-electron chi connectivity index (χ4n) is 2.43. The van der Waals surface area contributed by atoms with E-state index >= 15 is 0 Å². The van der Waals surface area contributed by atoms with Gasteiger partial charge in [0.1, 0.15) is 11.3 Å². The van der Waals surface area contributed by atoms with Crippen LogP contribution in [0.1, 0.15) is 18.2 Å². The molecular weight excluding hydrogens is 347 g/mol. The molecule has 1 aromatic heterocycles. The Morgan fingerprint density at radius 1 is 1.26 bits per heavy atom. The molecule has 94 valence electrons. The van der Waals surface area contributed by atoms with Gasteiger partial charge < -0.3 is 4.42 Å². The van der Waals surface area contributed by atoms with Gasteiger partial charge in [-0.25, -0.2) is 0 Å². The Morgan fingerprint density at radius 2 is 2.05 bits per heavy atom. The number of furan rings is 1. The summed E-state index contributed by atoms with van der Waals surface area (Å²) in [5.41, 5.74) is 2.06. The van der Waals surface area contributed by atoms with Crippen LogP contribution in [0.4, 0.5) is 0 Å². The molecule has 1 heterocycles. The van der Waals surface area contributed by atoms with Crippen molar-refractivity contribution in [1.82, 2.24) is 0 Å². The van der Waals surface area contributed by atoms with E-state index in [2.05, 4.69) is 65.6 Å². The number of allylic oxidation sites excluding steroid dienone is 1. The Morgan fingerprint density at radius 3 is 2.79 bits per heavy atom. The maximum Gasteiger partial charge on any atom is 0.149 e. The molecule has 0 saturated carbocycles. The summed E-state index contributed by atoms with van der Waals surface area (Å²) in [6, 6.07) is 10.6. The summed E-state index contributed by atoms with van der Waals surface area (Å²) in [6.07, 6.45) is 5.90. The molecule has 0 aliphatic heterocycles. The van der Waals surface area contributed by atoms with Crippen molar-refractivity contribution < 1.29 is 4.42 Å². The lowest BCUT2D eigenvalue weighted by Gasteiger charge is -2.01. The topological polar surface area (TPSA) is 13.1 Å². The van der Waals surface area contributed by atoms with E-state index in [1.807, 2.05) is 13.0 Å². The lowest BCUT2D eigenvalue weighted by molar-refractivity contribution is 0.602. The van der Waals surface area contributed by atoms with Crippen LogP contribution >= 0.6 is 22.6 Å². The Labute approximate surface area is 125 Å². The van der Waals surface area contributed by atoms with Gasteiger partial charge in [0.25, 0.3) is 0 Å². The molecule has 0 saturated heterocycles. The SMILES string of the molecule is C=Cc1oc2c(I)cc3ccccc3c2c1/C=C\C. The fraction of sp³-hybridized carbons (Fsp3) is 0.0588. The average Bonchev–Trinajstić information content (AvgIpc) is 2.79. The van der Waals surface area contributed by atoms with E-state index in [4.69, 9.17) is 4.42 Å². The zero-order valence-electron chi connectivity index (χ0n) is 10.6. The Kier molecular flexibility index (Phi) is 3.19. The zero-order valence-corrected chi connectivity index (χ0v) is 12.8. The molecule has 0 spiro atoms. The molecule has 0 aliphatic rings. The molecule has 0 aliphatic carbocycles. The lowest BCUT2D eigenvalue weighted by Crippen LogP contribution is -1.80. The average molecular weight is 360 g/mol. The van der Waals surface area contributed by atoms with Crippen LogP contribution in [-0.2, 0) is 0 Å². The van der Waals surface area contributed by atoms with Gasteiger partial charge in [0.2, 0.25) is 0 Å². The van der Waals surface area contributed by atoms with Gasteiger partial charge in [-0.1, -0.05) is 43.0 Å². The van der Waals surface area contributed by atoms with E-state index in [9.17, 15) is 0 Å². The fourth-order valence-corrected chi connectivity index (χ4v) is 3.15. The molecule has 2 aromatic carbocycles. The van der Waals surface area contributed by atoms with E-state index in [0.717, 1.165) is 20.5 Å². The number of hydrogen-bond acceptors (Lipinski definition) is 1. The third-order valence-electron chi connectivity index (χ3n) is 3.22. The minimum Gasteiger partial charge on any atom is -0.455 e. The van der Waals surface area contributed by atoms with Crippen LogP contribution in [0.25, 0.3) is 33.9 Å². The summed E-state index contributed by atoms with van der Waals surface area (Å²) in [4.78, 5) is 0. The lowest BCUT2D eigenvalue weighted by atomic mass is 10.0. The molecule has 19 heavy (non-hydrogen) atoms. The van der Waals surface area contributed by atoms with Crippen LogP contribution in [0, 0.1) is 3.57 Å². The summed E-state index contributed by atoms with van der Waals surface area (Å²) < 4.78 is 7.09. The maximum atomic E-state index is 5.96. The molecule has 3 aromatic rings. The van der Waals surface area contributed by atoms with Crippen LogP contribution in [0.15, 0.2) is 47.4 Å². The molecule has 0 atom stereocenters. The van der Waals surface area contributed by atoms with Crippen molar-refractivity contribution in [1.29, 1.82) is 0 Å². The Hall–Kier alpha value is -1.55. The molecule has 0 bridgehead atoms. The predicted octanol–water partition coefficient (Wildman–Crippen LogP) is 5.87. The van der Waals surface area contributed by atoms with E-state index in [0.29, 0.717) is 0 Å². The molecule has 0 amide bonds. The van der Waals surface area contributed by atoms with Crippen LogP contribution < -0.4 is 0 Å². The predicted molar refractivity (Wildman–Crippen MR) is 91.2 cm³/mol. The van der Waals surface area contributed by atoms with Gasteiger partial charge in [-0.2, -0.15) is 0 Å². The maximum absolute atomic E-state index is 5.96. The minimum absolute atomic E-state index is 0.836. The minimum atomic E-state index is 0.836. The van der Waals surface area contributed by atoms with Crippen molar-refractivity contribution in [3.05, 3.63) is 57.9 Å². The first-order chi connectivity index (χ1) is 9.26. The van der Waals surface area contributed by atoms with Gasteiger partial charge in [-0.15, -0.1) is 0 Å². The summed E-state index contributed by atoms with van der Waals surface area (Å²) in [5.74, 6) is 0.836. The second kappa shape index (κ2) is 4.85. The molecule has 0 N–H and O–H groups in total. The van der Waals surface area contributed by atoms with Crippen LogP contribution in [0.5, 0.6) is 0 Å². The largest absolute Gasteiger partial charge is 0.455 e. The van der Waals surface area contributed by atoms with E-state index < -0.39 is 0 Å². The first-order valence-corrected chi connectivity index (χ1v) is 7.23. The first kappa shape index (κ1) is 12.5. The Bertz CT molecular complexity index is 809. The zero-order chi connectivity index (χ0) is 13.4. The van der Waals surface area contributed by atoms with Gasteiger partial charge >= 0.3 is 0 Å². The highest BCUT2D eigenvalue weighted by Gasteiger charge is 2.15. The molecular formula is C17H13IO. The standard InChI is InChI=1S/C17H13IO/c1-3-7-13-15(4-2)19-17-14(18)10-11-8-5-6-9-12(11)16(13)17/h3-10H,2H2,1H3/b7-3-. The number of fused-ring (bicyclic) bond motifs is 3. The van der Waals surface area contributed by atoms with E-state index in [-0.39, 0.29) is 0 Å². The quantitative estimate of drug-likeness (QED) is 0.521. The summed E-state index contributed by atoms with van der Waals surface area (Å²) in [5, 5.41) is 3.64. The number of benzene rings is 2. The van der Waals surface area contributed by atoms with Crippen molar-refractivity contribution >= 4 is 56.5 Å². The molecule has 0 radical (unpaired) electrons. The highest BCUT2D eigenvalue weighted by atomic mass is 127. The van der Waals surface area contributed by atoms with E-state index in [1.165, 1.54) is 16.2 Å². The van der Waals surface area contributed by atoms with Gasteiger partial charge in [0.05, 0.1) is 3.57 Å². The van der Waals surface area contributed by atoms with E-state index in [1.54, 1.807) is 6.08 Å². The summed E-state index contributed by atoms with van der Waals surface area (Å²) in [6.45, 7) is 5.86.